The number of aryl methyl sites for hydroxylation is 2. The van der Waals surface area contributed by atoms with Crippen LogP contribution in [-0.4, -0.2) is 25.2 Å². The zero-order valence-corrected chi connectivity index (χ0v) is 18.0. The molecule has 3 aromatic carbocycles. The number of hydrogen-bond acceptors (Lipinski definition) is 3. The highest BCUT2D eigenvalue weighted by Crippen LogP contribution is 2.48. The molecule has 1 aliphatic carbocycles. The van der Waals surface area contributed by atoms with Crippen LogP contribution >= 0.6 is 0 Å². The number of rotatable bonds is 4. The van der Waals surface area contributed by atoms with E-state index in [1.165, 1.54) is 33.4 Å². The van der Waals surface area contributed by atoms with Crippen LogP contribution in [0.15, 0.2) is 60.7 Å². The Morgan fingerprint density at radius 3 is 2.43 bits per heavy atom. The Morgan fingerprint density at radius 1 is 0.900 bits per heavy atom. The van der Waals surface area contributed by atoms with Gasteiger partial charge in [-0.2, -0.15) is 0 Å². The maximum atomic E-state index is 5.68. The van der Waals surface area contributed by atoms with E-state index in [1.807, 2.05) is 0 Å². The second kappa shape index (κ2) is 7.81. The summed E-state index contributed by atoms with van der Waals surface area (Å²) in [5.41, 5.74) is 8.52. The molecule has 0 spiro atoms. The van der Waals surface area contributed by atoms with Gasteiger partial charge >= 0.3 is 0 Å². The number of ether oxygens (including phenoxy) is 2. The Bertz CT molecular complexity index is 1060. The fourth-order valence-electron chi connectivity index (χ4n) is 5.43. The molecule has 2 atom stereocenters. The summed E-state index contributed by atoms with van der Waals surface area (Å²) in [5, 5.41) is 0. The van der Waals surface area contributed by atoms with Crippen LogP contribution < -0.4 is 9.47 Å². The minimum Gasteiger partial charge on any atom is -0.493 e. The summed E-state index contributed by atoms with van der Waals surface area (Å²) in [5.74, 6) is 2.02. The molecule has 5 rings (SSSR count). The Kier molecular flexibility index (Phi) is 5.00. The highest BCUT2D eigenvalue weighted by molar-refractivity contribution is 5.55. The normalized spacial score (nSPS) is 20.1. The van der Waals surface area contributed by atoms with Gasteiger partial charge < -0.3 is 9.47 Å². The van der Waals surface area contributed by atoms with Gasteiger partial charge in [0.15, 0.2) is 11.5 Å². The Morgan fingerprint density at radius 2 is 1.67 bits per heavy atom. The third-order valence-corrected chi connectivity index (χ3v) is 6.91. The van der Waals surface area contributed by atoms with Gasteiger partial charge in [-0.3, -0.25) is 4.90 Å². The first-order valence-electron chi connectivity index (χ1n) is 10.8. The molecule has 3 aromatic rings. The monoisotopic (exact) mass is 399 g/mol. The highest BCUT2D eigenvalue weighted by atomic mass is 16.5. The van der Waals surface area contributed by atoms with Crippen molar-refractivity contribution < 1.29 is 9.47 Å². The van der Waals surface area contributed by atoms with Gasteiger partial charge in [-0.05, 0) is 65.3 Å². The minimum absolute atomic E-state index is 0.362. The molecule has 154 valence electrons. The molecule has 0 bridgehead atoms. The van der Waals surface area contributed by atoms with Gasteiger partial charge in [-0.25, -0.2) is 0 Å². The number of hydrogen-bond donors (Lipinski definition) is 0. The summed E-state index contributed by atoms with van der Waals surface area (Å²) in [6, 6.07) is 22.6. The standard InChI is InChI=1S/C27H29NO2/c1-18-8-7-11-21-23(18)17-28(16-19-9-5-4-6-10-19)24-13-12-20-14-25(29-2)26(30-3)15-22(20)27(21)24/h4-11,14-15,24,27H,12-13,16-17H2,1-3H3. The van der Waals surface area contributed by atoms with Crippen LogP contribution in [0.1, 0.15) is 45.7 Å². The summed E-state index contributed by atoms with van der Waals surface area (Å²) >= 11 is 0. The van der Waals surface area contributed by atoms with Crippen molar-refractivity contribution >= 4 is 0 Å². The molecule has 2 aliphatic rings. The molecule has 1 aliphatic heterocycles. The first-order chi connectivity index (χ1) is 14.7. The largest absolute Gasteiger partial charge is 0.493 e. The van der Waals surface area contributed by atoms with Crippen molar-refractivity contribution in [1.82, 2.24) is 4.90 Å². The molecule has 0 aromatic heterocycles. The number of benzene rings is 3. The summed E-state index contributed by atoms with van der Waals surface area (Å²) in [4.78, 5) is 2.69. The van der Waals surface area contributed by atoms with Crippen molar-refractivity contribution in [3.8, 4) is 11.5 Å². The predicted molar refractivity (Wildman–Crippen MR) is 120 cm³/mol. The average Bonchev–Trinajstić information content (AvgIpc) is 2.79. The number of fused-ring (bicyclic) bond motifs is 5. The summed E-state index contributed by atoms with van der Waals surface area (Å²) in [6.07, 6.45) is 2.23. The van der Waals surface area contributed by atoms with Crippen molar-refractivity contribution in [1.29, 1.82) is 0 Å². The first kappa shape index (κ1) is 19.2. The molecule has 0 saturated carbocycles. The molecule has 0 N–H and O–H groups in total. The first-order valence-corrected chi connectivity index (χ1v) is 10.8. The Balaban J connectivity index is 1.64. The molecular weight excluding hydrogens is 370 g/mol. The van der Waals surface area contributed by atoms with E-state index in [0.717, 1.165) is 37.4 Å². The molecule has 0 amide bonds. The maximum absolute atomic E-state index is 5.68. The van der Waals surface area contributed by atoms with E-state index in [9.17, 15) is 0 Å². The molecule has 30 heavy (non-hydrogen) atoms. The van der Waals surface area contributed by atoms with E-state index in [2.05, 4.69) is 72.5 Å². The van der Waals surface area contributed by atoms with Crippen molar-refractivity contribution in [2.24, 2.45) is 0 Å². The molecule has 3 nitrogen and oxygen atoms in total. The molecule has 0 saturated heterocycles. The smallest absolute Gasteiger partial charge is 0.161 e. The van der Waals surface area contributed by atoms with Crippen LogP contribution in [0.3, 0.4) is 0 Å². The van der Waals surface area contributed by atoms with Gasteiger partial charge in [0.1, 0.15) is 0 Å². The van der Waals surface area contributed by atoms with Crippen molar-refractivity contribution in [3.05, 3.63) is 94.0 Å². The van der Waals surface area contributed by atoms with E-state index >= 15 is 0 Å². The fraction of sp³-hybridized carbons (Fsp3) is 0.333. The van der Waals surface area contributed by atoms with E-state index in [0.29, 0.717) is 12.0 Å². The second-order valence-electron chi connectivity index (χ2n) is 8.52. The van der Waals surface area contributed by atoms with Gasteiger partial charge in [-0.1, -0.05) is 48.5 Å². The number of nitrogens with zero attached hydrogens (tertiary/aromatic N) is 1. The molecule has 3 heteroatoms. The van der Waals surface area contributed by atoms with Crippen LogP contribution in [-0.2, 0) is 19.5 Å². The summed E-state index contributed by atoms with van der Waals surface area (Å²) < 4.78 is 11.3. The van der Waals surface area contributed by atoms with Crippen molar-refractivity contribution in [2.75, 3.05) is 14.2 Å². The van der Waals surface area contributed by atoms with E-state index in [1.54, 1.807) is 14.2 Å². The highest BCUT2D eigenvalue weighted by Gasteiger charge is 2.40. The fourth-order valence-corrected chi connectivity index (χ4v) is 5.43. The van der Waals surface area contributed by atoms with E-state index in [4.69, 9.17) is 9.47 Å². The van der Waals surface area contributed by atoms with Crippen LogP contribution in [0.25, 0.3) is 0 Å². The third-order valence-electron chi connectivity index (χ3n) is 6.91. The summed E-state index contributed by atoms with van der Waals surface area (Å²) in [6.45, 7) is 4.25. The predicted octanol–water partition coefficient (Wildman–Crippen LogP) is 5.47. The lowest BCUT2D eigenvalue weighted by molar-refractivity contribution is 0.132. The lowest BCUT2D eigenvalue weighted by atomic mass is 9.70. The molecular formula is C27H29NO2. The zero-order chi connectivity index (χ0) is 20.7. The maximum Gasteiger partial charge on any atom is 0.161 e. The summed E-state index contributed by atoms with van der Waals surface area (Å²) in [7, 11) is 3.45. The van der Waals surface area contributed by atoms with Gasteiger partial charge in [0, 0.05) is 25.0 Å². The molecule has 2 unspecified atom stereocenters. The Hall–Kier alpha value is -2.78. The van der Waals surface area contributed by atoms with E-state index in [-0.39, 0.29) is 0 Å². The van der Waals surface area contributed by atoms with Crippen LogP contribution in [0, 0.1) is 6.92 Å². The second-order valence-corrected chi connectivity index (χ2v) is 8.52. The third kappa shape index (κ3) is 3.18. The zero-order valence-electron chi connectivity index (χ0n) is 18.0. The quantitative estimate of drug-likeness (QED) is 0.580. The minimum atomic E-state index is 0.362. The topological polar surface area (TPSA) is 21.7 Å². The van der Waals surface area contributed by atoms with Crippen LogP contribution in [0.5, 0.6) is 11.5 Å². The lowest BCUT2D eigenvalue weighted by Gasteiger charge is -2.46. The average molecular weight is 400 g/mol. The Labute approximate surface area is 179 Å². The SMILES string of the molecule is COc1cc2c(cc1OC)C1c3cccc(C)c3CN(Cc3ccccc3)C1CC2. The molecule has 0 fully saturated rings. The van der Waals surface area contributed by atoms with Crippen molar-refractivity contribution in [3.63, 3.8) is 0 Å². The van der Waals surface area contributed by atoms with E-state index < -0.39 is 0 Å². The van der Waals surface area contributed by atoms with Gasteiger partial charge in [-0.15, -0.1) is 0 Å². The lowest BCUT2D eigenvalue weighted by Crippen LogP contribution is -2.45. The van der Waals surface area contributed by atoms with Gasteiger partial charge in [0.25, 0.3) is 0 Å². The van der Waals surface area contributed by atoms with Crippen LogP contribution in [0.4, 0.5) is 0 Å². The number of methoxy groups -OCH3 is 2. The van der Waals surface area contributed by atoms with Crippen molar-refractivity contribution in [2.45, 2.75) is 44.8 Å². The molecule has 0 radical (unpaired) electrons. The molecule has 1 heterocycles. The van der Waals surface area contributed by atoms with Gasteiger partial charge in [0.05, 0.1) is 14.2 Å². The van der Waals surface area contributed by atoms with Gasteiger partial charge in [0.2, 0.25) is 0 Å². The van der Waals surface area contributed by atoms with Crippen LogP contribution in [0.2, 0.25) is 0 Å².